The van der Waals surface area contributed by atoms with Crippen molar-refractivity contribution < 1.29 is 21.3 Å². The first-order chi connectivity index (χ1) is 19.9. The molecule has 2 radical (unpaired) electrons. The van der Waals surface area contributed by atoms with Crippen LogP contribution in [0.4, 0.5) is 0 Å². The molecule has 204 valence electrons. The average Bonchev–Trinajstić information content (AvgIpc) is 3.06. The first-order valence-corrected chi connectivity index (χ1v) is 15.7. The van der Waals surface area contributed by atoms with Gasteiger partial charge in [0, 0.05) is 16.5 Å². The van der Waals surface area contributed by atoms with E-state index in [2.05, 4.69) is 189 Å². The van der Waals surface area contributed by atoms with Gasteiger partial charge in [0.25, 0.3) is 6.79 Å². The Balaban J connectivity index is 0.000000208. The zero-order valence-corrected chi connectivity index (χ0v) is 25.2. The molecule has 6 rings (SSSR count). The molecule has 0 heterocycles. The van der Waals surface area contributed by atoms with Crippen molar-refractivity contribution in [1.29, 1.82) is 0 Å². The maximum absolute atomic E-state index is 7.50. The van der Waals surface area contributed by atoms with Crippen LogP contribution in [0.2, 0.25) is 0 Å². The van der Waals surface area contributed by atoms with E-state index < -0.39 is 15.8 Å². The quantitative estimate of drug-likeness (QED) is 0.156. The first-order valence-electron chi connectivity index (χ1n) is 13.0. The van der Waals surface area contributed by atoms with Crippen LogP contribution in [0.25, 0.3) is 0 Å². The van der Waals surface area contributed by atoms with Gasteiger partial charge in [-0.05, 0) is 47.7 Å². The van der Waals surface area contributed by atoms with E-state index in [4.69, 9.17) is 4.79 Å². The minimum Gasteiger partial charge on any atom is -0.281 e. The molecular formula is C37H30NiOP2. The maximum atomic E-state index is 7.50. The van der Waals surface area contributed by atoms with Crippen molar-refractivity contribution in [1.82, 2.24) is 0 Å². The van der Waals surface area contributed by atoms with Gasteiger partial charge in [0.2, 0.25) is 0 Å². The molecule has 0 saturated heterocycles. The van der Waals surface area contributed by atoms with Gasteiger partial charge in [-0.2, -0.15) is 0 Å². The standard InChI is InChI=1S/2C18H15P.CO.Ni/c2*1-4-10-16(11-5-1)19(17-12-6-2-7-13-17)18-14-8-3-9-15-18;1-2;/h2*1-15H;;. The predicted octanol–water partition coefficient (Wildman–Crippen LogP) is 6.49. The van der Waals surface area contributed by atoms with Crippen molar-refractivity contribution >= 4 is 54.5 Å². The molecule has 4 heteroatoms. The number of hydrogen-bond donors (Lipinski definition) is 0. The summed E-state index contributed by atoms with van der Waals surface area (Å²) in [6.45, 7) is 4.50. The van der Waals surface area contributed by atoms with Crippen LogP contribution in [0.3, 0.4) is 0 Å². The van der Waals surface area contributed by atoms with Gasteiger partial charge < -0.3 is 0 Å². The summed E-state index contributed by atoms with van der Waals surface area (Å²) in [7, 11) is -0.892. The minimum absolute atomic E-state index is 0. The first kappa shape index (κ1) is 31.9. The van der Waals surface area contributed by atoms with E-state index in [0.29, 0.717) is 0 Å². The summed E-state index contributed by atoms with van der Waals surface area (Å²) < 4.78 is 0. The number of carbonyl (C=O) groups excluding carboxylic acids is 1. The topological polar surface area (TPSA) is 17.1 Å². The van der Waals surface area contributed by atoms with Crippen LogP contribution < -0.4 is 31.8 Å². The van der Waals surface area contributed by atoms with Gasteiger partial charge in [-0.1, -0.05) is 182 Å². The van der Waals surface area contributed by atoms with Crippen LogP contribution in [-0.2, 0) is 21.3 Å². The predicted molar refractivity (Wildman–Crippen MR) is 176 cm³/mol. The molecule has 0 atom stereocenters. The van der Waals surface area contributed by atoms with E-state index >= 15 is 0 Å². The summed E-state index contributed by atoms with van der Waals surface area (Å²) in [4.78, 5) is 7.50. The van der Waals surface area contributed by atoms with Crippen molar-refractivity contribution in [2.45, 2.75) is 0 Å². The Morgan fingerprint density at radius 2 is 0.390 bits per heavy atom. The Bertz CT molecular complexity index is 1200. The van der Waals surface area contributed by atoms with Gasteiger partial charge in [-0.15, -0.1) is 0 Å². The summed E-state index contributed by atoms with van der Waals surface area (Å²) in [6.07, 6.45) is 0. The van der Waals surface area contributed by atoms with Gasteiger partial charge >= 0.3 is 0 Å². The SMILES string of the molecule is [C]=O.[Ni].c1ccc(P(c2ccccc2)c2ccccc2)cc1.c1ccc(P(c2ccccc2)c2ccccc2)cc1. The van der Waals surface area contributed by atoms with Crippen LogP contribution in [0, 0.1) is 0 Å². The van der Waals surface area contributed by atoms with E-state index in [1.54, 1.807) is 0 Å². The molecule has 6 aromatic carbocycles. The molecule has 0 saturated carbocycles. The van der Waals surface area contributed by atoms with E-state index in [1.807, 2.05) is 0 Å². The molecule has 0 amide bonds. The van der Waals surface area contributed by atoms with Crippen LogP contribution in [0.5, 0.6) is 0 Å². The fourth-order valence-corrected chi connectivity index (χ4v) is 8.97. The van der Waals surface area contributed by atoms with Gasteiger partial charge in [0.05, 0.1) is 0 Å². The van der Waals surface area contributed by atoms with E-state index in [1.165, 1.54) is 31.8 Å². The van der Waals surface area contributed by atoms with E-state index in [0.717, 1.165) is 0 Å². The maximum Gasteiger partial charge on any atom is 0.281 e. The molecule has 0 bridgehead atoms. The molecule has 0 aliphatic carbocycles. The molecule has 0 aliphatic rings. The average molecular weight is 611 g/mol. The van der Waals surface area contributed by atoms with Gasteiger partial charge in [-0.25, -0.2) is 0 Å². The van der Waals surface area contributed by atoms with Crippen molar-refractivity contribution in [2.24, 2.45) is 0 Å². The number of benzene rings is 6. The van der Waals surface area contributed by atoms with Crippen molar-refractivity contribution in [3.8, 4) is 0 Å². The monoisotopic (exact) mass is 610 g/mol. The Morgan fingerprint density at radius 3 is 0.512 bits per heavy atom. The molecule has 0 spiro atoms. The Labute approximate surface area is 256 Å². The molecule has 0 N–H and O–H groups in total. The summed E-state index contributed by atoms with van der Waals surface area (Å²) in [5.41, 5.74) is 0. The number of rotatable bonds is 6. The summed E-state index contributed by atoms with van der Waals surface area (Å²) >= 11 is 0. The third-order valence-electron chi connectivity index (χ3n) is 6.09. The second-order valence-electron chi connectivity index (χ2n) is 8.68. The second kappa shape index (κ2) is 17.9. The molecule has 0 fully saturated rings. The fraction of sp³-hybridized carbons (Fsp3) is 0. The molecule has 0 unspecified atom stereocenters. The van der Waals surface area contributed by atoms with Crippen molar-refractivity contribution in [3.63, 3.8) is 0 Å². The molecular weight excluding hydrogens is 581 g/mol. The Kier molecular flexibility index (Phi) is 13.9. The summed E-state index contributed by atoms with van der Waals surface area (Å²) in [5.74, 6) is 0. The molecule has 6 aromatic rings. The zero-order valence-electron chi connectivity index (χ0n) is 22.4. The second-order valence-corrected chi connectivity index (χ2v) is 13.1. The molecule has 0 aromatic heterocycles. The van der Waals surface area contributed by atoms with Crippen molar-refractivity contribution in [2.75, 3.05) is 0 Å². The van der Waals surface area contributed by atoms with Crippen LogP contribution in [-0.4, -0.2) is 6.79 Å². The van der Waals surface area contributed by atoms with Crippen molar-refractivity contribution in [3.05, 3.63) is 182 Å². The van der Waals surface area contributed by atoms with Gasteiger partial charge in [-0.3, -0.25) is 4.79 Å². The van der Waals surface area contributed by atoms with Crippen LogP contribution in [0.15, 0.2) is 182 Å². The Hall–Kier alpha value is -3.66. The van der Waals surface area contributed by atoms with Gasteiger partial charge in [0.15, 0.2) is 0 Å². The smallest absolute Gasteiger partial charge is 0.281 e. The normalized spacial score (nSPS) is 9.90. The third-order valence-corrected chi connectivity index (χ3v) is 11.0. The number of hydrogen-bond acceptors (Lipinski definition) is 1. The van der Waals surface area contributed by atoms with Crippen LogP contribution >= 0.6 is 15.8 Å². The fourth-order valence-electron chi connectivity index (χ4n) is 4.36. The molecule has 0 aliphatic heterocycles. The third kappa shape index (κ3) is 9.18. The summed E-state index contributed by atoms with van der Waals surface area (Å²) in [5, 5.41) is 8.39. The largest absolute Gasteiger partial charge is 0.281 e. The molecule has 1 nitrogen and oxygen atoms in total. The Morgan fingerprint density at radius 1 is 0.268 bits per heavy atom. The van der Waals surface area contributed by atoms with E-state index in [9.17, 15) is 0 Å². The van der Waals surface area contributed by atoms with Gasteiger partial charge in [0.1, 0.15) is 0 Å². The van der Waals surface area contributed by atoms with E-state index in [-0.39, 0.29) is 16.5 Å². The summed E-state index contributed by atoms with van der Waals surface area (Å²) in [6, 6.07) is 64.7. The van der Waals surface area contributed by atoms with Crippen LogP contribution in [0.1, 0.15) is 0 Å². The zero-order chi connectivity index (χ0) is 27.8. The minimum atomic E-state index is -0.446. The molecule has 41 heavy (non-hydrogen) atoms.